The molecule has 1 aromatic carbocycles. The van der Waals surface area contributed by atoms with Crippen molar-refractivity contribution in [3.05, 3.63) is 71.6 Å². The molecule has 0 radical (unpaired) electrons. The Hall–Kier alpha value is -4.23. The summed E-state index contributed by atoms with van der Waals surface area (Å²) in [4.78, 5) is 31.5. The van der Waals surface area contributed by atoms with E-state index in [-0.39, 0.29) is 6.61 Å². The number of allylic oxidation sites excluding steroid dienone is 1. The first-order chi connectivity index (χ1) is 22.9. The summed E-state index contributed by atoms with van der Waals surface area (Å²) in [6.45, 7) is 7.28. The van der Waals surface area contributed by atoms with E-state index in [0.717, 1.165) is 25.7 Å². The number of anilines is 1. The lowest BCUT2D eigenvalue weighted by molar-refractivity contribution is -0.131. The highest BCUT2D eigenvalue weighted by Crippen LogP contribution is 2.39. The van der Waals surface area contributed by atoms with Gasteiger partial charge in [0.2, 0.25) is 6.41 Å². The molecule has 0 aliphatic carbocycles. The number of hydrogen-bond acceptors (Lipinski definition) is 9. The van der Waals surface area contributed by atoms with Crippen LogP contribution in [0.2, 0.25) is 0 Å². The van der Waals surface area contributed by atoms with Crippen molar-refractivity contribution < 1.29 is 36.7 Å². The number of benzene rings is 1. The minimum absolute atomic E-state index is 0.0980. The molecule has 0 saturated carbocycles. The Bertz CT molecular complexity index is 1470. The molecule has 48 heavy (non-hydrogen) atoms. The Kier molecular flexibility index (Phi) is 14.6. The molecule has 1 unspecified atom stereocenters. The van der Waals surface area contributed by atoms with Gasteiger partial charge in [-0.2, -0.15) is 13.2 Å². The fourth-order valence-electron chi connectivity index (χ4n) is 5.58. The number of rotatable bonds is 21. The molecular formula is C35H46F3N5O5. The number of ether oxygens (including phenoxy) is 2. The molecule has 0 aliphatic heterocycles. The van der Waals surface area contributed by atoms with Crippen LogP contribution in [0, 0.1) is 5.41 Å². The second kappa shape index (κ2) is 18.3. The zero-order valence-electron chi connectivity index (χ0n) is 28.2. The van der Waals surface area contributed by atoms with Gasteiger partial charge in [0, 0.05) is 54.2 Å². The first-order valence-corrected chi connectivity index (χ1v) is 15.9. The van der Waals surface area contributed by atoms with E-state index >= 15 is 0 Å². The number of unbranched alkanes of at least 4 members (excludes halogenated alkanes) is 3. The number of halogens is 3. The van der Waals surface area contributed by atoms with Gasteiger partial charge < -0.3 is 18.8 Å². The van der Waals surface area contributed by atoms with Crippen LogP contribution in [0.4, 0.5) is 18.9 Å². The first kappa shape index (κ1) is 38.2. The highest BCUT2D eigenvalue weighted by atomic mass is 19.4. The van der Waals surface area contributed by atoms with E-state index in [0.29, 0.717) is 77.6 Å². The van der Waals surface area contributed by atoms with Gasteiger partial charge in [-0.3, -0.25) is 20.0 Å². The summed E-state index contributed by atoms with van der Waals surface area (Å²) in [5.74, 6) is 0.590. The summed E-state index contributed by atoms with van der Waals surface area (Å²) < 4.78 is 59.2. The van der Waals surface area contributed by atoms with Crippen LogP contribution in [0.3, 0.4) is 0 Å². The topological polar surface area (TPSA) is 119 Å². The van der Waals surface area contributed by atoms with Crippen molar-refractivity contribution in [2.75, 3.05) is 31.7 Å². The molecule has 2 aromatic heterocycles. The van der Waals surface area contributed by atoms with Crippen molar-refractivity contribution in [2.45, 2.75) is 78.5 Å². The largest absolute Gasteiger partial charge is 0.467 e. The molecular weight excluding hydrogens is 627 g/mol. The SMILES string of the molecule is COC(C)c1ncccc1/C(=C(/C)CC(C)(C)COC=O)N(CC(F)(F)F)c1ccc(-c2coc(CCCCCCNNC=O)n2)cc1. The van der Waals surface area contributed by atoms with Gasteiger partial charge in [-0.25, -0.2) is 10.4 Å². The quantitative estimate of drug-likeness (QED) is 0.0688. The van der Waals surface area contributed by atoms with Crippen LogP contribution in [0.1, 0.15) is 83.1 Å². The average Bonchev–Trinajstić information content (AvgIpc) is 3.53. The summed E-state index contributed by atoms with van der Waals surface area (Å²) in [5, 5.41) is 0. The number of amides is 1. The number of hydrazine groups is 1. The Morgan fingerprint density at radius 2 is 1.81 bits per heavy atom. The monoisotopic (exact) mass is 673 g/mol. The summed E-state index contributed by atoms with van der Waals surface area (Å²) in [6.07, 6.45) is 3.48. The van der Waals surface area contributed by atoms with Gasteiger partial charge in [-0.1, -0.05) is 38.8 Å². The molecule has 0 saturated heterocycles. The Morgan fingerprint density at radius 1 is 1.08 bits per heavy atom. The standard InChI is InChI=1S/C35H46F3N5O5/c1-25(19-34(3,4)22-47-24-45)33(29-11-10-17-39-32(29)26(2)46-5)43(21-35(36,37)38)28-15-13-27(14-16-28)30-20-48-31(42-30)12-8-6-7-9-18-40-41-23-44/h10-11,13-17,20,23-24,26,40H,6-9,12,18-19,21-22H2,1-5H3,(H,41,44)/b33-25+. The minimum atomic E-state index is -4.54. The molecule has 10 nitrogen and oxygen atoms in total. The van der Waals surface area contributed by atoms with Crippen molar-refractivity contribution in [3.8, 4) is 11.3 Å². The number of oxazole rings is 1. The molecule has 1 atom stereocenters. The molecule has 262 valence electrons. The normalized spacial score (nSPS) is 13.1. The smallest absolute Gasteiger partial charge is 0.406 e. The summed E-state index contributed by atoms with van der Waals surface area (Å²) >= 11 is 0. The lowest BCUT2D eigenvalue weighted by Crippen LogP contribution is -2.34. The Balaban J connectivity index is 1.94. The second-order valence-corrected chi connectivity index (χ2v) is 12.4. The van der Waals surface area contributed by atoms with E-state index in [9.17, 15) is 22.8 Å². The predicted octanol–water partition coefficient (Wildman–Crippen LogP) is 7.19. The third-order valence-corrected chi connectivity index (χ3v) is 7.76. The Morgan fingerprint density at radius 3 is 2.48 bits per heavy atom. The zero-order chi connectivity index (χ0) is 35.2. The maximum atomic E-state index is 14.3. The Labute approximate surface area is 280 Å². The minimum Gasteiger partial charge on any atom is -0.467 e. The maximum absolute atomic E-state index is 14.3. The predicted molar refractivity (Wildman–Crippen MR) is 177 cm³/mol. The number of methoxy groups -OCH3 is 1. The van der Waals surface area contributed by atoms with Gasteiger partial charge in [-0.15, -0.1) is 0 Å². The van der Waals surface area contributed by atoms with Crippen LogP contribution in [0.25, 0.3) is 17.0 Å². The number of nitrogens with one attached hydrogen (secondary N) is 2. The molecule has 1 amide bonds. The molecule has 2 N–H and O–H groups in total. The highest BCUT2D eigenvalue weighted by molar-refractivity contribution is 5.83. The summed E-state index contributed by atoms with van der Waals surface area (Å²) in [6, 6.07) is 10.2. The van der Waals surface area contributed by atoms with E-state index in [2.05, 4.69) is 20.8 Å². The van der Waals surface area contributed by atoms with E-state index in [1.165, 1.54) is 12.0 Å². The molecule has 0 aliphatic rings. The fourth-order valence-corrected chi connectivity index (χ4v) is 5.58. The van der Waals surface area contributed by atoms with E-state index in [1.807, 2.05) is 13.8 Å². The van der Waals surface area contributed by atoms with Crippen LogP contribution in [0.5, 0.6) is 0 Å². The average molecular weight is 674 g/mol. The number of carbonyl (C=O) groups is 2. The van der Waals surface area contributed by atoms with E-state index < -0.39 is 24.2 Å². The molecule has 0 spiro atoms. The lowest BCUT2D eigenvalue weighted by Gasteiger charge is -2.34. The van der Waals surface area contributed by atoms with Gasteiger partial charge in [0.15, 0.2) is 5.89 Å². The number of aryl methyl sites for hydroxylation is 1. The van der Waals surface area contributed by atoms with Gasteiger partial charge >= 0.3 is 6.18 Å². The molecule has 3 rings (SSSR count). The molecule has 3 aromatic rings. The number of alkyl halides is 3. The second-order valence-electron chi connectivity index (χ2n) is 12.4. The van der Waals surface area contributed by atoms with Crippen LogP contribution in [-0.4, -0.2) is 55.8 Å². The fraction of sp³-hybridized carbons (Fsp3) is 0.486. The van der Waals surface area contributed by atoms with Crippen molar-refractivity contribution in [1.82, 2.24) is 20.8 Å². The van der Waals surface area contributed by atoms with Crippen molar-refractivity contribution in [2.24, 2.45) is 5.41 Å². The number of hydrogen-bond donors (Lipinski definition) is 2. The molecule has 0 bridgehead atoms. The van der Waals surface area contributed by atoms with E-state index in [1.54, 1.807) is 62.7 Å². The molecule has 13 heteroatoms. The number of aromatic nitrogens is 2. The highest BCUT2D eigenvalue weighted by Gasteiger charge is 2.35. The lowest BCUT2D eigenvalue weighted by atomic mass is 9.85. The van der Waals surface area contributed by atoms with Gasteiger partial charge in [0.1, 0.15) is 18.5 Å². The maximum Gasteiger partial charge on any atom is 0.406 e. The van der Waals surface area contributed by atoms with Crippen LogP contribution in [0.15, 0.2) is 58.8 Å². The third-order valence-electron chi connectivity index (χ3n) is 7.76. The number of carbonyl (C=O) groups excluding carboxylic acids is 2. The number of nitrogens with zero attached hydrogens (tertiary/aromatic N) is 3. The summed E-state index contributed by atoms with van der Waals surface area (Å²) in [5.41, 5.74) is 8.31. The first-order valence-electron chi connectivity index (χ1n) is 15.9. The van der Waals surface area contributed by atoms with Gasteiger partial charge in [-0.05, 0) is 62.9 Å². The number of pyridine rings is 1. The van der Waals surface area contributed by atoms with Gasteiger partial charge in [0.25, 0.3) is 6.47 Å². The van der Waals surface area contributed by atoms with Crippen molar-refractivity contribution in [3.63, 3.8) is 0 Å². The molecule has 2 heterocycles. The van der Waals surface area contributed by atoms with Crippen LogP contribution >= 0.6 is 0 Å². The third kappa shape index (κ3) is 11.8. The van der Waals surface area contributed by atoms with Crippen molar-refractivity contribution in [1.29, 1.82) is 0 Å². The molecule has 0 fully saturated rings. The zero-order valence-corrected chi connectivity index (χ0v) is 28.2. The van der Waals surface area contributed by atoms with E-state index in [4.69, 9.17) is 13.9 Å². The van der Waals surface area contributed by atoms with Crippen molar-refractivity contribution >= 4 is 24.3 Å². The summed E-state index contributed by atoms with van der Waals surface area (Å²) in [7, 11) is 1.52. The van der Waals surface area contributed by atoms with Crippen LogP contribution in [-0.2, 0) is 25.5 Å². The van der Waals surface area contributed by atoms with Crippen LogP contribution < -0.4 is 15.8 Å². The van der Waals surface area contributed by atoms with Gasteiger partial charge in [0.05, 0.1) is 18.4 Å².